The lowest BCUT2D eigenvalue weighted by Crippen LogP contribution is -2.34. The molecule has 0 saturated heterocycles. The van der Waals surface area contributed by atoms with Gasteiger partial charge in [-0.25, -0.2) is 4.98 Å². The van der Waals surface area contributed by atoms with E-state index < -0.39 is 108 Å². The molecule has 1 aliphatic rings. The summed E-state index contributed by atoms with van der Waals surface area (Å²) in [6.07, 6.45) is -5.62. The smallest absolute Gasteiger partial charge is 0.269 e. The number of para-hydroxylation sites is 4. The fourth-order valence-corrected chi connectivity index (χ4v) is 9.84. The molecule has 1 aliphatic carbocycles. The Morgan fingerprint density at radius 1 is 0.649 bits per heavy atom. The van der Waals surface area contributed by atoms with Gasteiger partial charge in [0.2, 0.25) is 0 Å². The summed E-state index contributed by atoms with van der Waals surface area (Å²) in [7, 11) is 0. The highest BCUT2D eigenvalue weighted by Gasteiger charge is 2.37. The Labute approximate surface area is 469 Å². The average Bonchev–Trinajstić information content (AvgIpc) is 1.08. The van der Waals surface area contributed by atoms with E-state index in [0.717, 1.165) is 32.9 Å². The van der Waals surface area contributed by atoms with Gasteiger partial charge in [0.15, 0.2) is 0 Å². The normalized spacial score (nSPS) is 21.1. The van der Waals surface area contributed by atoms with Crippen LogP contribution in [0.2, 0.25) is 0 Å². The monoisotopic (exact) mass is 994 g/mol. The van der Waals surface area contributed by atoms with Crippen LogP contribution in [0, 0.1) is 11.7 Å². The number of hydrogen-bond donors (Lipinski definition) is 0. The van der Waals surface area contributed by atoms with Crippen LogP contribution in [-0.2, 0) is 28.0 Å². The lowest BCUT2D eigenvalue weighted by Gasteiger charge is -2.42. The molecule has 0 unspecified atom stereocenters. The van der Waals surface area contributed by atoms with Gasteiger partial charge < -0.3 is 4.74 Å². The topological polar surface area (TPSA) is 35.9 Å². The zero-order valence-corrected chi connectivity index (χ0v) is 43.1. The van der Waals surface area contributed by atoms with Gasteiger partial charge in [0.1, 0.15) is 17.3 Å². The molecule has 0 fully saturated rings. The van der Waals surface area contributed by atoms with Crippen LogP contribution < -0.4 is 9.30 Å². The van der Waals surface area contributed by atoms with Gasteiger partial charge in [-0.05, 0) is 145 Å². The Morgan fingerprint density at radius 2 is 1.30 bits per heavy atom. The van der Waals surface area contributed by atoms with E-state index in [1.54, 1.807) is 76.0 Å². The highest BCUT2D eigenvalue weighted by atomic mass is 16.5. The van der Waals surface area contributed by atoms with E-state index in [1.165, 1.54) is 6.07 Å². The molecule has 3 aromatic heterocycles. The fourth-order valence-electron chi connectivity index (χ4n) is 9.84. The Morgan fingerprint density at radius 3 is 2.01 bits per heavy atom. The lowest BCUT2D eigenvalue weighted by atomic mass is 9.63. The minimum absolute atomic E-state index is 0.0980. The van der Waals surface area contributed by atoms with Crippen molar-refractivity contribution in [3.05, 3.63) is 198 Å². The molecule has 5 heteroatoms. The molecule has 0 aliphatic heterocycles. The number of aromatic nitrogens is 4. The van der Waals surface area contributed by atoms with Crippen molar-refractivity contribution in [3.63, 3.8) is 0 Å². The average molecular weight is 994 g/mol. The van der Waals surface area contributed by atoms with Crippen LogP contribution >= 0.6 is 0 Å². The molecule has 0 N–H and O–H groups in total. The summed E-state index contributed by atoms with van der Waals surface area (Å²) in [5.74, 6) is 1.33. The molecule has 10 aromatic rings. The largest absolute Gasteiger partial charge is 0.458 e. The molecule has 374 valence electrons. The van der Waals surface area contributed by atoms with Crippen LogP contribution in [0.5, 0.6) is 11.5 Å². The van der Waals surface area contributed by atoms with Crippen LogP contribution in [0.25, 0.3) is 72.3 Å². The zero-order chi connectivity index (χ0) is 70.1. The summed E-state index contributed by atoms with van der Waals surface area (Å²) in [5.41, 5.74) is -7.94. The van der Waals surface area contributed by atoms with Crippen molar-refractivity contribution in [1.29, 1.82) is 0 Å². The lowest BCUT2D eigenvalue weighted by molar-refractivity contribution is -0.571. The second-order valence-electron chi connectivity index (χ2n) is 22.4. The Bertz CT molecular complexity index is 4680. The molecule has 0 saturated carbocycles. The molecule has 11 rings (SSSR count). The number of benzene rings is 7. The maximum Gasteiger partial charge on any atom is 0.269 e. The van der Waals surface area contributed by atoms with E-state index in [4.69, 9.17) is 28.9 Å². The van der Waals surface area contributed by atoms with E-state index in [0.29, 0.717) is 50.7 Å². The molecule has 0 atom stereocenters. The van der Waals surface area contributed by atoms with E-state index in [2.05, 4.69) is 12.4 Å². The molecule has 0 spiro atoms. The minimum Gasteiger partial charge on any atom is -0.458 e. The third kappa shape index (κ3) is 9.03. The van der Waals surface area contributed by atoms with Crippen LogP contribution in [0.3, 0.4) is 0 Å². The maximum atomic E-state index is 10.4. The van der Waals surface area contributed by atoms with E-state index in [-0.39, 0.29) is 11.3 Å². The molecular weight excluding hydrogens is 901 g/mol. The predicted molar refractivity (Wildman–Crippen MR) is 309 cm³/mol. The molecule has 0 bridgehead atoms. The van der Waals surface area contributed by atoms with Gasteiger partial charge in [0, 0.05) is 47.7 Å². The first-order valence-corrected chi connectivity index (χ1v) is 24.8. The van der Waals surface area contributed by atoms with Gasteiger partial charge in [0.25, 0.3) is 6.33 Å². The molecule has 74 heavy (non-hydrogen) atoms. The van der Waals surface area contributed by atoms with Crippen molar-refractivity contribution in [1.82, 2.24) is 14.1 Å². The van der Waals surface area contributed by atoms with Crippen molar-refractivity contribution in [3.8, 4) is 50.9 Å². The van der Waals surface area contributed by atoms with Crippen molar-refractivity contribution in [2.45, 2.75) is 130 Å². The Kier molecular flexibility index (Phi) is 7.23. The number of imidazole rings is 1. The SMILES string of the molecule is [2H]c1c([2H])c2c(c([2H])c1-c1cccc(-c3cc(C(C)(C)C)cc(C(C)(C)C)c3)c1-[n+]1[c-]n(-c3cccc(Oc4ccc5c6ccccc6n(-c6cc(C([2H])([2H])C(C)(C)C)ccn6)c5c4)c3)c3ccccc31)C(C([2H])([2H])[2H])(C([2H])([2H])[2H])C([2H])([2H])C([2H])([2H])C2(C([2H])([2H])[2H])C([2H])([2H])[2H]. The van der Waals surface area contributed by atoms with Gasteiger partial charge in [-0.15, -0.1) is 0 Å². The third-order valence-electron chi connectivity index (χ3n) is 13.5. The molecule has 0 radical (unpaired) electrons. The number of pyridine rings is 1. The zero-order valence-electron chi connectivity index (χ0n) is 64.1. The summed E-state index contributed by atoms with van der Waals surface area (Å²) in [6.45, 7) is 0.840. The van der Waals surface area contributed by atoms with Crippen LogP contribution in [-0.4, -0.2) is 14.1 Å². The van der Waals surface area contributed by atoms with Crippen molar-refractivity contribution in [2.75, 3.05) is 0 Å². The second-order valence-corrected chi connectivity index (χ2v) is 22.4. The molecule has 5 nitrogen and oxygen atoms in total. The summed E-state index contributed by atoms with van der Waals surface area (Å²) in [4.78, 5) is 4.76. The standard InChI is InChI=1S/C69H72N4O/c1-65(2,3)43-45-32-35-70-63(36-45)73-59-25-15-14-22-55(59)56-30-29-52(42-62(56)73)74-51-21-18-20-50(41-51)71-44-72(61-27-17-16-26-60(61)71)64-53(46-28-31-57-58(39-46)69(12,13)34-33-68(57,10)11)23-19-24-54(64)47-37-48(66(4,5)6)40-49(38-47)67(7,8)9/h14-32,35-42H,33-34,43H2,1-13H3/i10D3,11D3,12D3,13D3,28D,31D,33D2,34D2,39D,43D2. The van der Waals surface area contributed by atoms with Crippen molar-refractivity contribution < 1.29 is 38.1 Å². The summed E-state index contributed by atoms with van der Waals surface area (Å²) in [5, 5.41) is 1.83. The summed E-state index contributed by atoms with van der Waals surface area (Å²) >= 11 is 0. The highest BCUT2D eigenvalue weighted by Crippen LogP contribution is 2.48. The fraction of sp³-hybridized carbons (Fsp3) is 0.304. The summed E-state index contributed by atoms with van der Waals surface area (Å²) < 4.78 is 206. The number of hydrogen-bond acceptors (Lipinski definition) is 2. The number of nitrogens with zero attached hydrogens (tertiary/aromatic N) is 4. The van der Waals surface area contributed by atoms with Gasteiger partial charge in [-0.1, -0.05) is 193 Å². The van der Waals surface area contributed by atoms with E-state index in [1.807, 2.05) is 134 Å². The predicted octanol–water partition coefficient (Wildman–Crippen LogP) is 17.9. The molecule has 0 amide bonds. The first-order chi connectivity index (χ1) is 43.6. The molecule has 3 heterocycles. The van der Waals surface area contributed by atoms with Gasteiger partial charge >= 0.3 is 0 Å². The van der Waals surface area contributed by atoms with E-state index >= 15 is 0 Å². The van der Waals surface area contributed by atoms with Gasteiger partial charge in [0.05, 0.1) is 37.6 Å². The van der Waals surface area contributed by atoms with Gasteiger partial charge in [-0.3, -0.25) is 13.7 Å². The maximum absolute atomic E-state index is 10.4. The number of ether oxygens (including phenoxy) is 1. The Hall–Kier alpha value is -7.24. The van der Waals surface area contributed by atoms with E-state index in [9.17, 15) is 9.60 Å². The molecular formula is C69H72N4O. The first-order valence-electron chi connectivity index (χ1n) is 35.3. The Balaban J connectivity index is 1.19. The van der Waals surface area contributed by atoms with Crippen molar-refractivity contribution >= 4 is 32.8 Å². The first kappa shape index (κ1) is 30.2. The quantitative estimate of drug-likeness (QED) is 0.112. The van der Waals surface area contributed by atoms with Crippen LogP contribution in [0.1, 0.15) is 159 Å². The number of rotatable bonds is 8. The highest BCUT2D eigenvalue weighted by molar-refractivity contribution is 6.09. The third-order valence-corrected chi connectivity index (χ3v) is 13.5. The van der Waals surface area contributed by atoms with Crippen LogP contribution in [0.15, 0.2) is 164 Å². The summed E-state index contributed by atoms with van der Waals surface area (Å²) in [6, 6.07) is 38.2. The van der Waals surface area contributed by atoms with Crippen LogP contribution in [0.4, 0.5) is 0 Å². The van der Waals surface area contributed by atoms with Crippen molar-refractivity contribution in [2.24, 2.45) is 5.41 Å². The second kappa shape index (κ2) is 17.7. The molecule has 7 aromatic carbocycles. The van der Waals surface area contributed by atoms with Gasteiger partial charge in [-0.2, -0.15) is 0 Å². The number of fused-ring (bicyclic) bond motifs is 5. The minimum atomic E-state index is -4.52.